The van der Waals surface area contributed by atoms with Crippen LogP contribution in [0.15, 0.2) is 0 Å². The van der Waals surface area contributed by atoms with Gasteiger partial charge < -0.3 is 15.8 Å². The molecule has 4 nitrogen and oxygen atoms in total. The Morgan fingerprint density at radius 1 is 1.50 bits per heavy atom. The van der Waals surface area contributed by atoms with Gasteiger partial charge in [0.2, 0.25) is 5.91 Å². The minimum Gasteiger partial charge on any atom is -0.370 e. The van der Waals surface area contributed by atoms with E-state index < -0.39 is 0 Å². The van der Waals surface area contributed by atoms with Crippen molar-refractivity contribution in [2.45, 2.75) is 70.7 Å². The van der Waals surface area contributed by atoms with E-state index in [2.05, 4.69) is 33.0 Å². The molecule has 3 N–H and O–H groups in total. The van der Waals surface area contributed by atoms with Gasteiger partial charge in [-0.1, -0.05) is 0 Å². The summed E-state index contributed by atoms with van der Waals surface area (Å²) in [5, 5.41) is 3.43. The van der Waals surface area contributed by atoms with Crippen LogP contribution in [-0.2, 0) is 9.53 Å². The van der Waals surface area contributed by atoms with E-state index in [9.17, 15) is 4.79 Å². The van der Waals surface area contributed by atoms with Crippen molar-refractivity contribution in [3.8, 4) is 0 Å². The molecule has 2 atom stereocenters. The summed E-state index contributed by atoms with van der Waals surface area (Å²) in [4.78, 5) is 10.8. The Morgan fingerprint density at radius 2 is 2.06 bits per heavy atom. The van der Waals surface area contributed by atoms with Crippen molar-refractivity contribution < 1.29 is 9.53 Å². The highest BCUT2D eigenvalue weighted by molar-refractivity contribution is 5.74. The molecule has 16 heavy (non-hydrogen) atoms. The average Bonchev–Trinajstić information content (AvgIpc) is 2.16. The minimum absolute atomic E-state index is 0.0966. The SMILES string of the molecule is CC(CC(N)=O)NC1CC(C)(C)OC1(C)C. The number of carbonyl (C=O) groups is 1. The zero-order valence-electron chi connectivity index (χ0n) is 11.0. The second kappa shape index (κ2) is 4.34. The fourth-order valence-corrected chi connectivity index (χ4v) is 2.53. The summed E-state index contributed by atoms with van der Waals surface area (Å²) in [6, 6.07) is 0.358. The van der Waals surface area contributed by atoms with Gasteiger partial charge in [-0.3, -0.25) is 4.79 Å². The molecule has 1 fully saturated rings. The summed E-state index contributed by atoms with van der Waals surface area (Å²) >= 11 is 0. The number of ether oxygens (including phenoxy) is 1. The molecule has 1 amide bonds. The summed E-state index contributed by atoms with van der Waals surface area (Å²) in [5.41, 5.74) is 4.88. The highest BCUT2D eigenvalue weighted by Crippen LogP contribution is 2.37. The molecule has 4 heteroatoms. The van der Waals surface area contributed by atoms with Gasteiger partial charge in [0.1, 0.15) is 0 Å². The van der Waals surface area contributed by atoms with Gasteiger partial charge in [-0.2, -0.15) is 0 Å². The molecule has 0 bridgehead atoms. The van der Waals surface area contributed by atoms with Gasteiger partial charge in [-0.05, 0) is 41.0 Å². The van der Waals surface area contributed by atoms with E-state index in [1.54, 1.807) is 0 Å². The highest BCUT2D eigenvalue weighted by atomic mass is 16.5. The second-order valence-corrected chi connectivity index (χ2v) is 5.96. The monoisotopic (exact) mass is 228 g/mol. The lowest BCUT2D eigenvalue weighted by Gasteiger charge is -2.29. The van der Waals surface area contributed by atoms with Crippen molar-refractivity contribution >= 4 is 5.91 Å². The van der Waals surface area contributed by atoms with Crippen LogP contribution in [0.4, 0.5) is 0 Å². The van der Waals surface area contributed by atoms with Crippen LogP contribution >= 0.6 is 0 Å². The number of rotatable bonds is 4. The molecule has 94 valence electrons. The Kier molecular flexibility index (Phi) is 3.65. The maximum absolute atomic E-state index is 10.8. The van der Waals surface area contributed by atoms with E-state index in [1.807, 2.05) is 6.92 Å². The van der Waals surface area contributed by atoms with E-state index in [1.165, 1.54) is 0 Å². The van der Waals surface area contributed by atoms with Crippen LogP contribution in [0.2, 0.25) is 0 Å². The predicted molar refractivity (Wildman–Crippen MR) is 64.1 cm³/mol. The van der Waals surface area contributed by atoms with E-state index in [0.29, 0.717) is 6.42 Å². The molecule has 1 rings (SSSR count). The molecular weight excluding hydrogens is 204 g/mol. The van der Waals surface area contributed by atoms with Crippen molar-refractivity contribution in [1.82, 2.24) is 5.32 Å². The van der Waals surface area contributed by atoms with Gasteiger partial charge >= 0.3 is 0 Å². The molecule has 1 heterocycles. The van der Waals surface area contributed by atoms with Gasteiger partial charge in [0.05, 0.1) is 11.2 Å². The Morgan fingerprint density at radius 3 is 2.44 bits per heavy atom. The molecule has 0 aromatic rings. The number of hydrogen-bond donors (Lipinski definition) is 2. The van der Waals surface area contributed by atoms with E-state index in [-0.39, 0.29) is 29.2 Å². The van der Waals surface area contributed by atoms with Crippen molar-refractivity contribution in [3.05, 3.63) is 0 Å². The summed E-state index contributed by atoms with van der Waals surface area (Å²) in [6.45, 7) is 10.3. The Bertz CT molecular complexity index is 274. The molecule has 1 aliphatic rings. The molecule has 0 spiro atoms. The smallest absolute Gasteiger partial charge is 0.218 e. The maximum atomic E-state index is 10.8. The third-order valence-corrected chi connectivity index (χ3v) is 3.07. The first-order valence-electron chi connectivity index (χ1n) is 5.87. The lowest BCUT2D eigenvalue weighted by Crippen LogP contribution is -2.48. The van der Waals surface area contributed by atoms with Crippen LogP contribution in [0, 0.1) is 0 Å². The second-order valence-electron chi connectivity index (χ2n) is 5.96. The Balaban J connectivity index is 2.57. The van der Waals surface area contributed by atoms with Gasteiger partial charge in [-0.15, -0.1) is 0 Å². The summed E-state index contributed by atoms with van der Waals surface area (Å²) in [7, 11) is 0. The molecular formula is C12H24N2O2. The van der Waals surface area contributed by atoms with E-state index in [0.717, 1.165) is 6.42 Å². The average molecular weight is 228 g/mol. The number of carbonyl (C=O) groups excluding carboxylic acids is 1. The molecule has 0 aromatic carbocycles. The van der Waals surface area contributed by atoms with Crippen molar-refractivity contribution in [1.29, 1.82) is 0 Å². The zero-order chi connectivity index (χ0) is 12.6. The zero-order valence-corrected chi connectivity index (χ0v) is 11.0. The summed E-state index contributed by atoms with van der Waals surface area (Å²) in [6.07, 6.45) is 1.32. The molecule has 0 aromatic heterocycles. The lowest BCUT2D eigenvalue weighted by atomic mass is 9.93. The van der Waals surface area contributed by atoms with Crippen molar-refractivity contribution in [2.24, 2.45) is 5.73 Å². The van der Waals surface area contributed by atoms with E-state index >= 15 is 0 Å². The van der Waals surface area contributed by atoms with Gasteiger partial charge in [0.15, 0.2) is 0 Å². The predicted octanol–water partition coefficient (Wildman–Crippen LogP) is 1.19. The Labute approximate surface area is 97.9 Å². The van der Waals surface area contributed by atoms with E-state index in [4.69, 9.17) is 10.5 Å². The van der Waals surface area contributed by atoms with Crippen LogP contribution in [0.5, 0.6) is 0 Å². The molecule has 1 saturated heterocycles. The molecule has 1 aliphatic heterocycles. The van der Waals surface area contributed by atoms with Crippen molar-refractivity contribution in [2.75, 3.05) is 0 Å². The van der Waals surface area contributed by atoms with Crippen molar-refractivity contribution in [3.63, 3.8) is 0 Å². The quantitative estimate of drug-likeness (QED) is 0.759. The lowest BCUT2D eigenvalue weighted by molar-refractivity contribution is -0.118. The minimum atomic E-state index is -0.268. The number of amides is 1. The topological polar surface area (TPSA) is 64.4 Å². The largest absolute Gasteiger partial charge is 0.370 e. The molecule has 2 unspecified atom stereocenters. The Hall–Kier alpha value is -0.610. The normalized spacial score (nSPS) is 28.9. The maximum Gasteiger partial charge on any atom is 0.218 e. The number of primary amides is 1. The summed E-state index contributed by atoms with van der Waals surface area (Å²) in [5.74, 6) is -0.268. The van der Waals surface area contributed by atoms with Crippen LogP contribution in [-0.4, -0.2) is 29.2 Å². The van der Waals surface area contributed by atoms with Gasteiger partial charge in [0, 0.05) is 18.5 Å². The first-order valence-corrected chi connectivity index (χ1v) is 5.87. The third kappa shape index (κ3) is 3.46. The van der Waals surface area contributed by atoms with Gasteiger partial charge in [-0.25, -0.2) is 0 Å². The molecule has 0 aliphatic carbocycles. The number of nitrogens with two attached hydrogens (primary N) is 1. The highest BCUT2D eigenvalue weighted by Gasteiger charge is 2.45. The number of nitrogens with one attached hydrogen (secondary N) is 1. The first-order chi connectivity index (χ1) is 7.12. The fourth-order valence-electron chi connectivity index (χ4n) is 2.53. The molecule has 0 radical (unpaired) electrons. The fraction of sp³-hybridized carbons (Fsp3) is 0.917. The number of hydrogen-bond acceptors (Lipinski definition) is 3. The standard InChI is InChI=1S/C12H24N2O2/c1-8(6-10(13)15)14-9-7-11(2,3)16-12(9,4)5/h8-9,14H,6-7H2,1-5H3,(H2,13,15). The van der Waals surface area contributed by atoms with Crippen LogP contribution in [0.25, 0.3) is 0 Å². The van der Waals surface area contributed by atoms with Crippen LogP contribution in [0.3, 0.4) is 0 Å². The van der Waals surface area contributed by atoms with Crippen LogP contribution < -0.4 is 11.1 Å². The summed E-state index contributed by atoms with van der Waals surface area (Å²) < 4.78 is 5.98. The first kappa shape index (κ1) is 13.5. The van der Waals surface area contributed by atoms with Crippen LogP contribution in [0.1, 0.15) is 47.5 Å². The van der Waals surface area contributed by atoms with Gasteiger partial charge in [0.25, 0.3) is 0 Å². The molecule has 0 saturated carbocycles. The third-order valence-electron chi connectivity index (χ3n) is 3.07.